The summed E-state index contributed by atoms with van der Waals surface area (Å²) in [5, 5.41) is 3.30. The van der Waals surface area contributed by atoms with Gasteiger partial charge in [-0.2, -0.15) is 0 Å². The number of nitrogens with one attached hydrogen (secondary N) is 1. The van der Waals surface area contributed by atoms with Crippen molar-refractivity contribution in [2.75, 3.05) is 27.2 Å². The SMILES string of the molecule is C=CC=C(CC=CCC(=O)OC)N(C(=O)N(C)C(C)=O)C1(C)CCNCC1. The number of urea groups is 1. The number of ether oxygens (including phenoxy) is 1. The number of amides is 3. The quantitative estimate of drug-likeness (QED) is 0.419. The van der Waals surface area contributed by atoms with Gasteiger partial charge in [0.15, 0.2) is 0 Å². The Balaban J connectivity index is 3.17. The minimum absolute atomic E-state index is 0.167. The number of carbonyl (C=O) groups excluding carboxylic acids is 3. The van der Waals surface area contributed by atoms with Crippen LogP contribution >= 0.6 is 0 Å². The Kier molecular flexibility index (Phi) is 8.94. The second-order valence-corrected chi connectivity index (χ2v) is 6.79. The second-order valence-electron chi connectivity index (χ2n) is 6.79. The second kappa shape index (κ2) is 10.7. The fourth-order valence-electron chi connectivity index (χ4n) is 3.01. The molecule has 1 aliphatic heterocycles. The number of allylic oxidation sites excluding steroid dienone is 3. The van der Waals surface area contributed by atoms with Gasteiger partial charge in [-0.15, -0.1) is 0 Å². The van der Waals surface area contributed by atoms with Crippen LogP contribution in [0.1, 0.15) is 39.5 Å². The molecule has 0 aromatic heterocycles. The number of carbonyl (C=O) groups is 3. The van der Waals surface area contributed by atoms with Gasteiger partial charge in [-0.3, -0.25) is 19.4 Å². The fourth-order valence-corrected chi connectivity index (χ4v) is 3.01. The van der Waals surface area contributed by atoms with Crippen LogP contribution in [-0.4, -0.2) is 60.5 Å². The Labute approximate surface area is 161 Å². The first-order valence-corrected chi connectivity index (χ1v) is 9.09. The van der Waals surface area contributed by atoms with E-state index in [1.165, 1.54) is 21.1 Å². The number of hydrogen-bond acceptors (Lipinski definition) is 5. The highest BCUT2D eigenvalue weighted by atomic mass is 16.5. The average Bonchev–Trinajstić information content (AvgIpc) is 2.64. The Morgan fingerprint density at radius 1 is 1.19 bits per heavy atom. The standard InChI is InChI=1S/C20H31N3O4/c1-6-9-17(10-7-8-11-18(25)27-5)23(19(26)22(4)16(2)24)20(3)12-14-21-15-13-20/h6-9,21H,1,10-15H2,2-5H3. The molecular weight excluding hydrogens is 346 g/mol. The van der Waals surface area contributed by atoms with Crippen molar-refractivity contribution < 1.29 is 19.1 Å². The van der Waals surface area contributed by atoms with Crippen molar-refractivity contribution in [1.29, 1.82) is 0 Å². The van der Waals surface area contributed by atoms with Gasteiger partial charge in [0, 0.05) is 31.6 Å². The molecule has 1 rings (SSSR count). The Hall–Kier alpha value is -2.41. The van der Waals surface area contributed by atoms with E-state index < -0.39 is 5.54 Å². The first-order chi connectivity index (χ1) is 12.8. The van der Waals surface area contributed by atoms with Crippen LogP contribution in [0.5, 0.6) is 0 Å². The number of imide groups is 1. The van der Waals surface area contributed by atoms with Crippen LogP contribution in [0.15, 0.2) is 36.6 Å². The number of piperidine rings is 1. The lowest BCUT2D eigenvalue weighted by Gasteiger charge is -2.46. The lowest BCUT2D eigenvalue weighted by molar-refractivity contribution is -0.139. The van der Waals surface area contributed by atoms with Gasteiger partial charge in [0.25, 0.3) is 0 Å². The van der Waals surface area contributed by atoms with Crippen molar-refractivity contribution >= 4 is 17.9 Å². The largest absolute Gasteiger partial charge is 0.469 e. The molecule has 1 fully saturated rings. The van der Waals surface area contributed by atoms with E-state index in [2.05, 4.69) is 16.6 Å². The van der Waals surface area contributed by atoms with E-state index in [4.69, 9.17) is 0 Å². The van der Waals surface area contributed by atoms with E-state index in [1.54, 1.807) is 23.1 Å². The Morgan fingerprint density at radius 2 is 1.78 bits per heavy atom. The summed E-state index contributed by atoms with van der Waals surface area (Å²) in [5.74, 6) is -0.642. The van der Waals surface area contributed by atoms with Gasteiger partial charge in [0.1, 0.15) is 0 Å². The number of methoxy groups -OCH3 is 1. The van der Waals surface area contributed by atoms with Crippen molar-refractivity contribution in [2.24, 2.45) is 0 Å². The van der Waals surface area contributed by atoms with Gasteiger partial charge < -0.3 is 10.1 Å². The third-order valence-corrected chi connectivity index (χ3v) is 4.77. The van der Waals surface area contributed by atoms with Gasteiger partial charge in [0.05, 0.1) is 13.5 Å². The molecule has 27 heavy (non-hydrogen) atoms. The van der Waals surface area contributed by atoms with Crippen LogP contribution in [0, 0.1) is 0 Å². The van der Waals surface area contributed by atoms with Gasteiger partial charge in [0.2, 0.25) is 5.91 Å². The lowest BCUT2D eigenvalue weighted by atomic mass is 9.87. The predicted octanol–water partition coefficient (Wildman–Crippen LogP) is 2.61. The number of rotatable bonds is 7. The molecule has 0 saturated carbocycles. The molecule has 3 amide bonds. The highest BCUT2D eigenvalue weighted by Gasteiger charge is 2.40. The number of esters is 1. The van der Waals surface area contributed by atoms with Crippen molar-refractivity contribution in [1.82, 2.24) is 15.1 Å². The van der Waals surface area contributed by atoms with Crippen LogP contribution in [0.25, 0.3) is 0 Å². The van der Waals surface area contributed by atoms with Gasteiger partial charge in [-0.1, -0.05) is 24.8 Å². The minimum Gasteiger partial charge on any atom is -0.469 e. The highest BCUT2D eigenvalue weighted by molar-refractivity contribution is 5.94. The van der Waals surface area contributed by atoms with Crippen LogP contribution in [0.2, 0.25) is 0 Å². The zero-order chi connectivity index (χ0) is 20.4. The predicted molar refractivity (Wildman–Crippen MR) is 105 cm³/mol. The molecule has 7 nitrogen and oxygen atoms in total. The molecule has 0 bridgehead atoms. The maximum absolute atomic E-state index is 13.1. The van der Waals surface area contributed by atoms with E-state index in [1.807, 2.05) is 13.0 Å². The summed E-state index contributed by atoms with van der Waals surface area (Å²) < 4.78 is 4.62. The summed E-state index contributed by atoms with van der Waals surface area (Å²) in [6.45, 7) is 8.75. The summed E-state index contributed by atoms with van der Waals surface area (Å²) in [6, 6.07) is -0.360. The van der Waals surface area contributed by atoms with Gasteiger partial charge in [-0.25, -0.2) is 4.79 Å². The van der Waals surface area contributed by atoms with Crippen molar-refractivity contribution in [2.45, 2.75) is 45.1 Å². The third-order valence-electron chi connectivity index (χ3n) is 4.77. The molecule has 0 atom stereocenters. The fraction of sp³-hybridized carbons (Fsp3) is 0.550. The summed E-state index contributed by atoms with van der Waals surface area (Å²) in [4.78, 5) is 39.0. The monoisotopic (exact) mass is 377 g/mol. The molecule has 0 radical (unpaired) electrons. The molecule has 0 unspecified atom stereocenters. The normalized spacial score (nSPS) is 16.7. The molecule has 1 N–H and O–H groups in total. The van der Waals surface area contributed by atoms with Crippen LogP contribution < -0.4 is 5.32 Å². The molecular formula is C20H31N3O4. The average molecular weight is 377 g/mol. The molecule has 7 heteroatoms. The van der Waals surface area contributed by atoms with E-state index >= 15 is 0 Å². The maximum atomic E-state index is 13.1. The minimum atomic E-state index is -0.420. The van der Waals surface area contributed by atoms with Gasteiger partial charge in [-0.05, 0) is 38.9 Å². The van der Waals surface area contributed by atoms with E-state index in [0.717, 1.165) is 36.5 Å². The lowest BCUT2D eigenvalue weighted by Crippen LogP contribution is -2.57. The van der Waals surface area contributed by atoms with E-state index in [0.29, 0.717) is 6.42 Å². The zero-order valence-electron chi connectivity index (χ0n) is 16.8. The van der Waals surface area contributed by atoms with Crippen LogP contribution in [0.3, 0.4) is 0 Å². The third kappa shape index (κ3) is 6.36. The molecule has 0 aliphatic carbocycles. The molecule has 1 heterocycles. The maximum Gasteiger partial charge on any atom is 0.331 e. The summed E-state index contributed by atoms with van der Waals surface area (Å²) in [7, 11) is 2.83. The van der Waals surface area contributed by atoms with Gasteiger partial charge >= 0.3 is 12.0 Å². The zero-order valence-corrected chi connectivity index (χ0v) is 16.8. The smallest absolute Gasteiger partial charge is 0.331 e. The Bertz CT molecular complexity index is 619. The van der Waals surface area contributed by atoms with Crippen molar-refractivity contribution in [3.8, 4) is 0 Å². The molecule has 0 aromatic rings. The van der Waals surface area contributed by atoms with Crippen LogP contribution in [0.4, 0.5) is 4.79 Å². The first kappa shape index (κ1) is 22.6. The molecule has 1 saturated heterocycles. The van der Waals surface area contributed by atoms with Crippen molar-refractivity contribution in [3.05, 3.63) is 36.6 Å². The molecule has 0 aromatic carbocycles. The summed E-state index contributed by atoms with van der Waals surface area (Å²) in [5.41, 5.74) is 0.311. The highest BCUT2D eigenvalue weighted by Crippen LogP contribution is 2.32. The van der Waals surface area contributed by atoms with E-state index in [9.17, 15) is 14.4 Å². The molecule has 0 spiro atoms. The number of nitrogens with zero attached hydrogens (tertiary/aromatic N) is 2. The summed E-state index contributed by atoms with van der Waals surface area (Å²) >= 11 is 0. The Morgan fingerprint density at radius 3 is 2.30 bits per heavy atom. The number of hydrogen-bond donors (Lipinski definition) is 1. The topological polar surface area (TPSA) is 79.0 Å². The summed E-state index contributed by atoms with van der Waals surface area (Å²) in [6.07, 6.45) is 9.08. The first-order valence-electron chi connectivity index (χ1n) is 9.09. The van der Waals surface area contributed by atoms with Crippen molar-refractivity contribution in [3.63, 3.8) is 0 Å². The van der Waals surface area contributed by atoms with Crippen LogP contribution in [-0.2, 0) is 14.3 Å². The molecule has 1 aliphatic rings. The molecule has 150 valence electrons. The van der Waals surface area contributed by atoms with E-state index in [-0.39, 0.29) is 24.3 Å².